The molecule has 0 nitrogen and oxygen atoms in total. The van der Waals surface area contributed by atoms with E-state index in [0.717, 1.165) is 17.8 Å². The van der Waals surface area contributed by atoms with Crippen LogP contribution in [0.3, 0.4) is 0 Å². The van der Waals surface area contributed by atoms with Crippen molar-refractivity contribution in [2.75, 3.05) is 0 Å². The van der Waals surface area contributed by atoms with Crippen LogP contribution in [0.1, 0.15) is 86.5 Å². The largest absolute Gasteiger partial charge is 0.0847 e. The van der Waals surface area contributed by atoms with Crippen molar-refractivity contribution in [3.8, 4) is 0 Å². The van der Waals surface area contributed by atoms with Gasteiger partial charge in [0.25, 0.3) is 0 Å². The maximum Gasteiger partial charge on any atom is -0.0322 e. The lowest BCUT2D eigenvalue weighted by Gasteiger charge is -2.14. The van der Waals surface area contributed by atoms with Gasteiger partial charge in [0, 0.05) is 0 Å². The zero-order valence-electron chi connectivity index (χ0n) is 14.9. The maximum atomic E-state index is 2.43. The summed E-state index contributed by atoms with van der Waals surface area (Å²) < 4.78 is 0. The number of rotatable bonds is 11. The summed E-state index contributed by atoms with van der Waals surface area (Å²) >= 11 is 0. The Balaban J connectivity index is 3.60. The summed E-state index contributed by atoms with van der Waals surface area (Å²) in [7, 11) is 0. The molecule has 0 aliphatic carbocycles. The minimum Gasteiger partial charge on any atom is -0.0847 e. The van der Waals surface area contributed by atoms with Gasteiger partial charge in [0.05, 0.1) is 0 Å². The average Bonchev–Trinajstić information content (AvgIpc) is 2.38. The van der Waals surface area contributed by atoms with Gasteiger partial charge in [0.15, 0.2) is 0 Å². The summed E-state index contributed by atoms with van der Waals surface area (Å²) in [5, 5.41) is 0. The third-order valence-electron chi connectivity index (χ3n) is 4.25. The second-order valence-corrected chi connectivity index (χ2v) is 7.14. The van der Waals surface area contributed by atoms with Gasteiger partial charge in [0.1, 0.15) is 0 Å². The van der Waals surface area contributed by atoms with Crippen LogP contribution in [0.2, 0.25) is 0 Å². The highest BCUT2D eigenvalue weighted by Gasteiger charge is 2.05. The van der Waals surface area contributed by atoms with E-state index in [9.17, 15) is 0 Å². The second-order valence-electron chi connectivity index (χ2n) is 7.14. The van der Waals surface area contributed by atoms with Gasteiger partial charge >= 0.3 is 0 Å². The van der Waals surface area contributed by atoms with Gasteiger partial charge < -0.3 is 0 Å². The highest BCUT2D eigenvalue weighted by atomic mass is 14.1. The molecule has 0 bridgehead atoms. The summed E-state index contributed by atoms with van der Waals surface area (Å²) in [6.45, 7) is 13.7. The molecule has 0 heterocycles. The van der Waals surface area contributed by atoms with Crippen molar-refractivity contribution in [2.45, 2.75) is 86.5 Å². The first kappa shape index (κ1) is 19.5. The Morgan fingerprint density at radius 1 is 0.850 bits per heavy atom. The van der Waals surface area contributed by atoms with Crippen LogP contribution in [0.15, 0.2) is 23.8 Å². The first-order valence-electron chi connectivity index (χ1n) is 8.75. The molecule has 0 N–H and O–H groups in total. The molecule has 20 heavy (non-hydrogen) atoms. The van der Waals surface area contributed by atoms with Crippen molar-refractivity contribution in [1.29, 1.82) is 0 Å². The van der Waals surface area contributed by atoms with E-state index in [1.165, 1.54) is 50.5 Å². The summed E-state index contributed by atoms with van der Waals surface area (Å²) in [5.74, 6) is 2.62. The molecule has 0 aliphatic rings. The molecule has 0 spiro atoms. The van der Waals surface area contributed by atoms with Crippen molar-refractivity contribution >= 4 is 0 Å². The van der Waals surface area contributed by atoms with Gasteiger partial charge in [-0.1, -0.05) is 90.0 Å². The predicted octanol–water partition coefficient (Wildman–Crippen LogP) is 7.17. The lowest BCUT2D eigenvalue weighted by atomic mass is 9.92. The smallest absolute Gasteiger partial charge is 0.0322 e. The fourth-order valence-electron chi connectivity index (χ4n) is 2.53. The van der Waals surface area contributed by atoms with Crippen molar-refractivity contribution in [3.63, 3.8) is 0 Å². The standard InChI is InChI=1S/C20H38/c1-7-18(4)12-9-14-20(6)16-10-15-19(5)13-8-11-17(2)3/h7,9,12,17,19-20H,8,10-11,13-16H2,1-6H3/t19-,20+/m1/s1. The van der Waals surface area contributed by atoms with E-state index in [0.29, 0.717) is 0 Å². The molecule has 0 aromatic carbocycles. The summed E-state index contributed by atoms with van der Waals surface area (Å²) in [6.07, 6.45) is 16.4. The minimum absolute atomic E-state index is 0.832. The van der Waals surface area contributed by atoms with E-state index in [2.05, 4.69) is 59.8 Å². The molecule has 118 valence electrons. The molecular formula is C20H38. The van der Waals surface area contributed by atoms with Gasteiger partial charge in [-0.3, -0.25) is 0 Å². The number of allylic oxidation sites excluding steroid dienone is 4. The summed E-state index contributed by atoms with van der Waals surface area (Å²) in [6, 6.07) is 0. The lowest BCUT2D eigenvalue weighted by Crippen LogP contribution is -1.99. The number of hydrogen-bond donors (Lipinski definition) is 0. The fourth-order valence-corrected chi connectivity index (χ4v) is 2.53. The molecule has 0 amide bonds. The molecule has 0 saturated carbocycles. The topological polar surface area (TPSA) is 0 Å². The van der Waals surface area contributed by atoms with E-state index >= 15 is 0 Å². The van der Waals surface area contributed by atoms with E-state index in [1.54, 1.807) is 0 Å². The van der Waals surface area contributed by atoms with Crippen LogP contribution in [-0.4, -0.2) is 0 Å². The highest BCUT2D eigenvalue weighted by molar-refractivity contribution is 5.14. The van der Waals surface area contributed by atoms with Gasteiger partial charge in [0.2, 0.25) is 0 Å². The normalized spacial score (nSPS) is 16.1. The van der Waals surface area contributed by atoms with Crippen LogP contribution in [0.5, 0.6) is 0 Å². The Labute approximate surface area is 128 Å². The third kappa shape index (κ3) is 12.5. The lowest BCUT2D eigenvalue weighted by molar-refractivity contribution is 0.401. The summed E-state index contributed by atoms with van der Waals surface area (Å²) in [5.41, 5.74) is 1.37. The third-order valence-corrected chi connectivity index (χ3v) is 4.25. The van der Waals surface area contributed by atoms with E-state index in [-0.39, 0.29) is 0 Å². The first-order chi connectivity index (χ1) is 9.45. The Hall–Kier alpha value is -0.520. The molecule has 0 heteroatoms. The van der Waals surface area contributed by atoms with Crippen molar-refractivity contribution in [1.82, 2.24) is 0 Å². The fraction of sp³-hybridized carbons (Fsp3) is 0.800. The number of hydrogen-bond acceptors (Lipinski definition) is 0. The van der Waals surface area contributed by atoms with Crippen LogP contribution < -0.4 is 0 Å². The SMILES string of the molecule is CC=C(C)C=CC[C@H](C)CCC[C@H](C)CCCC(C)C. The van der Waals surface area contributed by atoms with Crippen molar-refractivity contribution in [3.05, 3.63) is 23.8 Å². The minimum atomic E-state index is 0.832. The molecule has 0 saturated heterocycles. The monoisotopic (exact) mass is 278 g/mol. The Morgan fingerprint density at radius 2 is 1.40 bits per heavy atom. The zero-order chi connectivity index (χ0) is 15.4. The molecule has 0 aliphatic heterocycles. The molecule has 0 unspecified atom stereocenters. The highest BCUT2D eigenvalue weighted by Crippen LogP contribution is 2.20. The van der Waals surface area contributed by atoms with Crippen LogP contribution in [-0.2, 0) is 0 Å². The van der Waals surface area contributed by atoms with Gasteiger partial charge in [-0.15, -0.1) is 0 Å². The van der Waals surface area contributed by atoms with Gasteiger partial charge in [-0.2, -0.15) is 0 Å². The zero-order valence-corrected chi connectivity index (χ0v) is 14.9. The summed E-state index contributed by atoms with van der Waals surface area (Å²) in [4.78, 5) is 0. The maximum absolute atomic E-state index is 2.43. The van der Waals surface area contributed by atoms with Crippen LogP contribution in [0, 0.1) is 17.8 Å². The van der Waals surface area contributed by atoms with Crippen LogP contribution >= 0.6 is 0 Å². The molecule has 2 atom stereocenters. The Morgan fingerprint density at radius 3 is 1.95 bits per heavy atom. The predicted molar refractivity (Wildman–Crippen MR) is 94.1 cm³/mol. The van der Waals surface area contributed by atoms with Crippen molar-refractivity contribution < 1.29 is 0 Å². The molecule has 0 rings (SSSR count). The Kier molecular flexibility index (Phi) is 11.9. The quantitative estimate of drug-likeness (QED) is 0.351. The molecular weight excluding hydrogens is 240 g/mol. The van der Waals surface area contributed by atoms with Gasteiger partial charge in [-0.05, 0) is 38.0 Å². The van der Waals surface area contributed by atoms with Crippen LogP contribution in [0.25, 0.3) is 0 Å². The molecule has 0 fully saturated rings. The molecule has 0 aromatic heterocycles. The molecule has 0 radical (unpaired) electrons. The molecule has 0 aromatic rings. The second kappa shape index (κ2) is 12.2. The van der Waals surface area contributed by atoms with Crippen molar-refractivity contribution in [2.24, 2.45) is 17.8 Å². The van der Waals surface area contributed by atoms with E-state index in [1.807, 2.05) is 0 Å². The van der Waals surface area contributed by atoms with E-state index < -0.39 is 0 Å². The van der Waals surface area contributed by atoms with Crippen LogP contribution in [0.4, 0.5) is 0 Å². The van der Waals surface area contributed by atoms with E-state index in [4.69, 9.17) is 0 Å². The first-order valence-corrected chi connectivity index (χ1v) is 8.75. The average molecular weight is 279 g/mol. The Bertz CT molecular complexity index is 270. The van der Waals surface area contributed by atoms with Gasteiger partial charge in [-0.25, -0.2) is 0 Å².